The fourth-order valence-electron chi connectivity index (χ4n) is 2.54. The smallest absolute Gasteiger partial charge is 0.223 e. The number of nitrogens with one attached hydrogen (secondary N) is 2. The van der Waals surface area contributed by atoms with Gasteiger partial charge in [0.1, 0.15) is 11.6 Å². The molecule has 1 aromatic rings. The number of carbonyl (C=O) groups excluding carboxylic acids is 1. The molecule has 5 heteroatoms. The second-order valence-electron chi connectivity index (χ2n) is 5.29. The van der Waals surface area contributed by atoms with E-state index in [1.54, 1.807) is 6.07 Å². The molecule has 2 rings (SSSR count). The highest BCUT2D eigenvalue weighted by Crippen LogP contribution is 2.18. The molecule has 1 saturated heterocycles. The lowest BCUT2D eigenvalue weighted by molar-refractivity contribution is -0.126. The Kier molecular flexibility index (Phi) is 4.95. The van der Waals surface area contributed by atoms with Gasteiger partial charge in [-0.25, -0.2) is 4.39 Å². The minimum Gasteiger partial charge on any atom is -0.497 e. The standard InChI is InChI=1S/C15H21FN2O2/c1-10-5-12(3-4-17-10)15(19)18-9-11-6-13(16)8-14(7-11)20-2/h6-8,10,12,17H,3-5,9H2,1-2H3,(H,18,19)/t10-,12-/m0/s1. The van der Waals surface area contributed by atoms with Gasteiger partial charge in [-0.15, -0.1) is 0 Å². The van der Waals surface area contributed by atoms with Crippen molar-refractivity contribution in [1.82, 2.24) is 10.6 Å². The zero-order valence-electron chi connectivity index (χ0n) is 11.9. The van der Waals surface area contributed by atoms with E-state index in [0.717, 1.165) is 19.4 Å². The van der Waals surface area contributed by atoms with E-state index in [-0.39, 0.29) is 17.6 Å². The van der Waals surface area contributed by atoms with E-state index in [1.807, 2.05) is 0 Å². The van der Waals surface area contributed by atoms with Gasteiger partial charge < -0.3 is 15.4 Å². The van der Waals surface area contributed by atoms with Crippen molar-refractivity contribution in [3.8, 4) is 5.75 Å². The summed E-state index contributed by atoms with van der Waals surface area (Å²) in [5.41, 5.74) is 0.706. The number of amides is 1. The van der Waals surface area contributed by atoms with Gasteiger partial charge in [0.2, 0.25) is 5.91 Å². The third-order valence-electron chi connectivity index (χ3n) is 3.63. The molecule has 4 nitrogen and oxygen atoms in total. The quantitative estimate of drug-likeness (QED) is 0.885. The van der Waals surface area contributed by atoms with E-state index < -0.39 is 0 Å². The molecule has 1 aliphatic heterocycles. The van der Waals surface area contributed by atoms with E-state index in [1.165, 1.54) is 19.2 Å². The van der Waals surface area contributed by atoms with Crippen LogP contribution in [0.1, 0.15) is 25.3 Å². The summed E-state index contributed by atoms with van der Waals surface area (Å²) in [5, 5.41) is 6.20. The molecule has 1 aliphatic rings. The van der Waals surface area contributed by atoms with Crippen LogP contribution in [0.4, 0.5) is 4.39 Å². The highest BCUT2D eigenvalue weighted by atomic mass is 19.1. The number of ether oxygens (including phenoxy) is 1. The van der Waals surface area contributed by atoms with Gasteiger partial charge in [-0.05, 0) is 44.0 Å². The molecule has 1 heterocycles. The highest BCUT2D eigenvalue weighted by Gasteiger charge is 2.24. The second kappa shape index (κ2) is 6.70. The number of carbonyl (C=O) groups is 1. The third-order valence-corrected chi connectivity index (χ3v) is 3.63. The first-order valence-electron chi connectivity index (χ1n) is 6.93. The lowest BCUT2D eigenvalue weighted by Crippen LogP contribution is -2.42. The molecule has 0 saturated carbocycles. The van der Waals surface area contributed by atoms with Crippen molar-refractivity contribution < 1.29 is 13.9 Å². The first-order valence-corrected chi connectivity index (χ1v) is 6.93. The van der Waals surface area contributed by atoms with Gasteiger partial charge in [0.25, 0.3) is 0 Å². The van der Waals surface area contributed by atoms with Crippen molar-refractivity contribution in [2.75, 3.05) is 13.7 Å². The maximum atomic E-state index is 13.3. The first-order chi connectivity index (χ1) is 9.58. The predicted molar refractivity (Wildman–Crippen MR) is 75.0 cm³/mol. The summed E-state index contributed by atoms with van der Waals surface area (Å²) in [5.74, 6) is 0.192. The number of benzene rings is 1. The van der Waals surface area contributed by atoms with Crippen LogP contribution in [-0.4, -0.2) is 25.6 Å². The molecule has 20 heavy (non-hydrogen) atoms. The van der Waals surface area contributed by atoms with Crippen molar-refractivity contribution in [3.05, 3.63) is 29.6 Å². The van der Waals surface area contributed by atoms with Crippen LogP contribution in [0.2, 0.25) is 0 Å². The molecule has 2 N–H and O–H groups in total. The average molecular weight is 280 g/mol. The van der Waals surface area contributed by atoms with Gasteiger partial charge >= 0.3 is 0 Å². The molecule has 0 aliphatic carbocycles. The van der Waals surface area contributed by atoms with Crippen LogP contribution in [0.3, 0.4) is 0 Å². The lowest BCUT2D eigenvalue weighted by atomic mass is 9.92. The van der Waals surface area contributed by atoms with Crippen LogP contribution in [0, 0.1) is 11.7 Å². The van der Waals surface area contributed by atoms with Gasteiger partial charge in [-0.2, -0.15) is 0 Å². The minimum absolute atomic E-state index is 0.0431. The Bertz CT molecular complexity index is 479. The van der Waals surface area contributed by atoms with Crippen molar-refractivity contribution in [2.45, 2.75) is 32.4 Å². The summed E-state index contributed by atoms with van der Waals surface area (Å²) in [6, 6.07) is 4.83. The van der Waals surface area contributed by atoms with Crippen molar-refractivity contribution in [2.24, 2.45) is 5.92 Å². The number of hydrogen-bond acceptors (Lipinski definition) is 3. The Morgan fingerprint density at radius 2 is 2.30 bits per heavy atom. The van der Waals surface area contributed by atoms with Crippen LogP contribution in [0.15, 0.2) is 18.2 Å². The number of halogens is 1. The molecule has 0 aromatic heterocycles. The molecular formula is C15H21FN2O2. The van der Waals surface area contributed by atoms with Crippen molar-refractivity contribution >= 4 is 5.91 Å². The fraction of sp³-hybridized carbons (Fsp3) is 0.533. The molecule has 0 unspecified atom stereocenters. The van der Waals surface area contributed by atoms with E-state index in [4.69, 9.17) is 4.74 Å². The zero-order valence-corrected chi connectivity index (χ0v) is 11.9. The fourth-order valence-corrected chi connectivity index (χ4v) is 2.54. The number of hydrogen-bond donors (Lipinski definition) is 2. The molecular weight excluding hydrogens is 259 g/mol. The number of rotatable bonds is 4. The predicted octanol–water partition coefficient (Wildman–Crippen LogP) is 1.84. The maximum Gasteiger partial charge on any atom is 0.223 e. The van der Waals surface area contributed by atoms with Gasteiger partial charge in [0.05, 0.1) is 7.11 Å². The third kappa shape index (κ3) is 3.93. The summed E-state index contributed by atoms with van der Waals surface area (Å²) in [4.78, 5) is 12.1. The monoisotopic (exact) mass is 280 g/mol. The summed E-state index contributed by atoms with van der Waals surface area (Å²) < 4.78 is 18.4. The summed E-state index contributed by atoms with van der Waals surface area (Å²) >= 11 is 0. The summed E-state index contributed by atoms with van der Waals surface area (Å²) in [6.45, 7) is 3.27. The maximum absolute atomic E-state index is 13.3. The normalized spacial score (nSPS) is 22.4. The summed E-state index contributed by atoms with van der Waals surface area (Å²) in [7, 11) is 1.49. The van der Waals surface area contributed by atoms with Crippen LogP contribution >= 0.6 is 0 Å². The molecule has 1 aromatic carbocycles. The second-order valence-corrected chi connectivity index (χ2v) is 5.29. The van der Waals surface area contributed by atoms with Gasteiger partial charge in [-0.1, -0.05) is 0 Å². The molecule has 2 atom stereocenters. The lowest BCUT2D eigenvalue weighted by Gasteiger charge is -2.27. The number of methoxy groups -OCH3 is 1. The van der Waals surface area contributed by atoms with Crippen molar-refractivity contribution in [3.63, 3.8) is 0 Å². The molecule has 1 amide bonds. The molecule has 0 radical (unpaired) electrons. The Morgan fingerprint density at radius 1 is 1.50 bits per heavy atom. The van der Waals surface area contributed by atoms with Crippen LogP contribution in [-0.2, 0) is 11.3 Å². The zero-order chi connectivity index (χ0) is 14.5. The van der Waals surface area contributed by atoms with E-state index in [2.05, 4.69) is 17.6 Å². The number of piperidine rings is 1. The topological polar surface area (TPSA) is 50.4 Å². The molecule has 0 bridgehead atoms. The van der Waals surface area contributed by atoms with E-state index >= 15 is 0 Å². The molecule has 1 fully saturated rings. The van der Waals surface area contributed by atoms with E-state index in [9.17, 15) is 9.18 Å². The Labute approximate surface area is 118 Å². The first kappa shape index (κ1) is 14.8. The van der Waals surface area contributed by atoms with Gasteiger partial charge in [-0.3, -0.25) is 4.79 Å². The average Bonchev–Trinajstić information content (AvgIpc) is 2.44. The Hall–Kier alpha value is -1.62. The largest absolute Gasteiger partial charge is 0.497 e. The van der Waals surface area contributed by atoms with Crippen molar-refractivity contribution in [1.29, 1.82) is 0 Å². The van der Waals surface area contributed by atoms with Gasteiger partial charge in [0, 0.05) is 24.6 Å². The molecule has 0 spiro atoms. The van der Waals surface area contributed by atoms with Crippen LogP contribution < -0.4 is 15.4 Å². The Balaban J connectivity index is 1.91. The highest BCUT2D eigenvalue weighted by molar-refractivity contribution is 5.78. The van der Waals surface area contributed by atoms with Crippen LogP contribution in [0.25, 0.3) is 0 Å². The molecule has 110 valence electrons. The van der Waals surface area contributed by atoms with E-state index in [0.29, 0.717) is 23.9 Å². The minimum atomic E-state index is -0.357. The summed E-state index contributed by atoms with van der Waals surface area (Å²) in [6.07, 6.45) is 1.70. The van der Waals surface area contributed by atoms with Gasteiger partial charge in [0.15, 0.2) is 0 Å². The SMILES string of the molecule is COc1cc(F)cc(CNC(=O)[C@H]2CCN[C@@H](C)C2)c1. The van der Waals surface area contributed by atoms with Crippen LogP contribution in [0.5, 0.6) is 5.75 Å². The Morgan fingerprint density at radius 3 is 3.00 bits per heavy atom.